The third-order valence-electron chi connectivity index (χ3n) is 11.8. The molecule has 0 bridgehead atoms. The fourth-order valence-electron chi connectivity index (χ4n) is 10.1. The number of carbonyl (C=O) groups is 2. The molecular formula is C30H48N3O7+. The van der Waals surface area contributed by atoms with E-state index in [0.29, 0.717) is 55.0 Å². The molecule has 13 unspecified atom stereocenters. The molecule has 4 heterocycles. The van der Waals surface area contributed by atoms with E-state index in [-0.39, 0.29) is 55.0 Å². The highest BCUT2D eigenvalue weighted by Crippen LogP contribution is 2.53. The van der Waals surface area contributed by atoms with Crippen molar-refractivity contribution < 1.29 is 38.6 Å². The average molecular weight is 563 g/mol. The van der Waals surface area contributed by atoms with Gasteiger partial charge in [0.2, 0.25) is 11.8 Å². The summed E-state index contributed by atoms with van der Waals surface area (Å²) in [5, 5.41) is 5.64. The second kappa shape index (κ2) is 11.4. The predicted octanol–water partition coefficient (Wildman–Crippen LogP) is 0.431. The maximum absolute atomic E-state index is 14.2. The molecule has 10 nitrogen and oxygen atoms in total. The number of carbonyl (C=O) groups excluding carboxylic acids is 2. The van der Waals surface area contributed by atoms with Crippen LogP contribution in [0.25, 0.3) is 0 Å². The van der Waals surface area contributed by atoms with Crippen LogP contribution in [-0.2, 0) is 33.3 Å². The number of nitrogens with one attached hydrogen (secondary N) is 1. The molecule has 7 aliphatic rings. The molecule has 3 aliphatic carbocycles. The Hall–Kier alpha value is -1.30. The van der Waals surface area contributed by atoms with Crippen LogP contribution in [0.2, 0.25) is 0 Å². The fraction of sp³-hybridized carbons (Fsp3) is 0.933. The minimum atomic E-state index is -0.169. The summed E-state index contributed by atoms with van der Waals surface area (Å²) in [6.45, 7) is 2.32. The van der Waals surface area contributed by atoms with Crippen LogP contribution in [0.4, 0.5) is 0 Å². The van der Waals surface area contributed by atoms with Crippen LogP contribution in [0.3, 0.4) is 0 Å². The van der Waals surface area contributed by atoms with Gasteiger partial charge >= 0.3 is 0 Å². The van der Waals surface area contributed by atoms with Gasteiger partial charge in [-0.05, 0) is 69.1 Å². The monoisotopic (exact) mass is 562 g/mol. The van der Waals surface area contributed by atoms with Gasteiger partial charge in [0.05, 0.1) is 49.0 Å². The SMILES string of the molecule is COC1CCC2C3[NH2+]CCC4C5CC(OCC(=O)NCC6CCC7OCOC7C6)CCC5N(C(=O)C2C1OC)C43. The molecule has 3 saturated carbocycles. The van der Waals surface area contributed by atoms with Gasteiger partial charge in [0.15, 0.2) is 0 Å². The zero-order chi connectivity index (χ0) is 27.4. The van der Waals surface area contributed by atoms with E-state index in [1.54, 1.807) is 14.2 Å². The summed E-state index contributed by atoms with van der Waals surface area (Å²) in [6.07, 6.45) is 9.29. The van der Waals surface area contributed by atoms with Gasteiger partial charge in [-0.3, -0.25) is 9.59 Å². The van der Waals surface area contributed by atoms with E-state index >= 15 is 0 Å². The van der Waals surface area contributed by atoms with Crippen molar-refractivity contribution in [2.75, 3.05) is 40.7 Å². The second-order valence-electron chi connectivity index (χ2n) is 13.5. The molecule has 3 N–H and O–H groups in total. The van der Waals surface area contributed by atoms with E-state index in [2.05, 4.69) is 15.5 Å². The lowest BCUT2D eigenvalue weighted by Gasteiger charge is -2.53. The fourth-order valence-corrected chi connectivity index (χ4v) is 10.1. The van der Waals surface area contributed by atoms with Crippen LogP contribution < -0.4 is 10.6 Å². The van der Waals surface area contributed by atoms with Gasteiger partial charge in [0.25, 0.3) is 0 Å². The molecule has 0 aromatic rings. The molecule has 0 aromatic carbocycles. The zero-order valence-electron chi connectivity index (χ0n) is 24.1. The topological polar surface area (TPSA) is 112 Å². The van der Waals surface area contributed by atoms with Crippen molar-refractivity contribution >= 4 is 11.8 Å². The highest BCUT2D eigenvalue weighted by molar-refractivity contribution is 5.82. The summed E-state index contributed by atoms with van der Waals surface area (Å²) in [4.78, 5) is 29.2. The first-order chi connectivity index (χ1) is 19.6. The number of hydrogen-bond acceptors (Lipinski definition) is 7. The van der Waals surface area contributed by atoms with Gasteiger partial charge in [-0.15, -0.1) is 0 Å². The van der Waals surface area contributed by atoms with Gasteiger partial charge < -0.3 is 39.2 Å². The molecule has 224 valence electrons. The van der Waals surface area contributed by atoms with E-state index in [9.17, 15) is 9.59 Å². The lowest BCUT2D eigenvalue weighted by molar-refractivity contribution is -0.713. The molecule has 0 aromatic heterocycles. The number of quaternary nitrogens is 1. The third-order valence-corrected chi connectivity index (χ3v) is 11.8. The predicted molar refractivity (Wildman–Crippen MR) is 143 cm³/mol. The van der Waals surface area contributed by atoms with E-state index < -0.39 is 0 Å². The van der Waals surface area contributed by atoms with Gasteiger partial charge in [0.1, 0.15) is 19.4 Å². The Labute approximate surface area is 237 Å². The van der Waals surface area contributed by atoms with Crippen molar-refractivity contribution in [2.45, 2.75) is 106 Å². The van der Waals surface area contributed by atoms with Gasteiger partial charge in [-0.2, -0.15) is 0 Å². The maximum Gasteiger partial charge on any atom is 0.246 e. The number of methoxy groups -OCH3 is 2. The summed E-state index contributed by atoms with van der Waals surface area (Å²) in [5.41, 5.74) is 0. The first kappa shape index (κ1) is 27.5. The molecule has 0 spiro atoms. The number of fused-ring (bicyclic) bond motifs is 6. The number of ether oxygens (including phenoxy) is 5. The van der Waals surface area contributed by atoms with Crippen LogP contribution in [-0.4, -0.2) is 106 Å². The lowest BCUT2D eigenvalue weighted by atomic mass is 9.64. The lowest BCUT2D eigenvalue weighted by Crippen LogP contribution is -2.99. The molecule has 13 atom stereocenters. The molecule has 4 saturated heterocycles. The van der Waals surface area contributed by atoms with Crippen molar-refractivity contribution in [2.24, 2.45) is 29.6 Å². The summed E-state index contributed by atoms with van der Waals surface area (Å²) in [5.74, 6) is 1.94. The minimum Gasteiger partial charge on any atom is -0.379 e. The van der Waals surface area contributed by atoms with E-state index in [4.69, 9.17) is 23.7 Å². The smallest absolute Gasteiger partial charge is 0.246 e. The number of amides is 2. The zero-order valence-corrected chi connectivity index (χ0v) is 24.1. The van der Waals surface area contributed by atoms with Gasteiger partial charge in [-0.1, -0.05) is 0 Å². The highest BCUT2D eigenvalue weighted by atomic mass is 16.7. The van der Waals surface area contributed by atoms with Crippen LogP contribution in [0, 0.1) is 29.6 Å². The van der Waals surface area contributed by atoms with Crippen LogP contribution in [0.5, 0.6) is 0 Å². The second-order valence-corrected chi connectivity index (χ2v) is 13.5. The van der Waals surface area contributed by atoms with Crippen molar-refractivity contribution in [1.82, 2.24) is 10.2 Å². The van der Waals surface area contributed by atoms with Crippen molar-refractivity contribution in [1.29, 1.82) is 0 Å². The Morgan fingerprint density at radius 2 is 1.85 bits per heavy atom. The molecule has 10 heteroatoms. The van der Waals surface area contributed by atoms with Gasteiger partial charge in [-0.25, -0.2) is 0 Å². The number of piperidine rings is 2. The highest BCUT2D eigenvalue weighted by Gasteiger charge is 2.66. The summed E-state index contributed by atoms with van der Waals surface area (Å²) in [6, 6.07) is 1.05. The molecule has 2 amide bonds. The Morgan fingerprint density at radius 1 is 0.975 bits per heavy atom. The summed E-state index contributed by atoms with van der Waals surface area (Å²) < 4.78 is 29.2. The Bertz CT molecular complexity index is 952. The molecular weight excluding hydrogens is 514 g/mol. The van der Waals surface area contributed by atoms with Crippen LogP contribution in [0.1, 0.15) is 57.8 Å². The van der Waals surface area contributed by atoms with Crippen molar-refractivity contribution in [3.63, 3.8) is 0 Å². The maximum atomic E-state index is 14.2. The average Bonchev–Trinajstić information content (AvgIpc) is 3.59. The molecule has 4 aliphatic heterocycles. The first-order valence-corrected chi connectivity index (χ1v) is 15.9. The third kappa shape index (κ3) is 4.71. The number of nitrogens with two attached hydrogens (primary N) is 1. The standard InChI is InChI=1S/C30H47N3O7/c1-36-23-8-5-19-26(29(23)37-2)30(35)33-21-6-4-17(12-20(21)18-9-10-31-27(19)28(18)33)38-14-25(34)32-13-16-3-7-22-24(11-16)40-15-39-22/h16-24,26-29,31H,3-15H2,1-2H3,(H,32,34)/p+1. The molecule has 7 fully saturated rings. The quantitative estimate of drug-likeness (QED) is 0.463. The Balaban J connectivity index is 0.962. The molecule has 7 rings (SSSR count). The van der Waals surface area contributed by atoms with Crippen molar-refractivity contribution in [3.8, 4) is 0 Å². The molecule has 40 heavy (non-hydrogen) atoms. The number of rotatable bonds is 7. The van der Waals surface area contributed by atoms with Gasteiger partial charge in [0, 0.05) is 39.1 Å². The Morgan fingerprint density at radius 3 is 2.70 bits per heavy atom. The number of nitrogens with zero attached hydrogens (tertiary/aromatic N) is 1. The van der Waals surface area contributed by atoms with Crippen LogP contribution in [0.15, 0.2) is 0 Å². The van der Waals surface area contributed by atoms with E-state index in [1.807, 2.05) is 0 Å². The largest absolute Gasteiger partial charge is 0.379 e. The normalized spacial score (nSPS) is 47.7. The Kier molecular flexibility index (Phi) is 7.85. The van der Waals surface area contributed by atoms with E-state index in [1.165, 1.54) is 0 Å². The summed E-state index contributed by atoms with van der Waals surface area (Å²) >= 11 is 0. The minimum absolute atomic E-state index is 0.0140. The molecule has 0 radical (unpaired) electrons. The van der Waals surface area contributed by atoms with Crippen molar-refractivity contribution in [3.05, 3.63) is 0 Å². The van der Waals surface area contributed by atoms with E-state index in [0.717, 1.165) is 64.3 Å². The summed E-state index contributed by atoms with van der Waals surface area (Å²) in [7, 11) is 3.48. The number of hydrogen-bond donors (Lipinski definition) is 2. The first-order valence-electron chi connectivity index (χ1n) is 15.9. The van der Waals surface area contributed by atoms with Crippen LogP contribution >= 0.6 is 0 Å².